The van der Waals surface area contributed by atoms with E-state index in [2.05, 4.69) is 55.1 Å². The van der Waals surface area contributed by atoms with Gasteiger partial charge in [-0.25, -0.2) is 0 Å². The molecule has 0 fully saturated rings. The van der Waals surface area contributed by atoms with Crippen LogP contribution in [0.3, 0.4) is 0 Å². The topological polar surface area (TPSA) is 37.3 Å². The van der Waals surface area contributed by atoms with Gasteiger partial charge in [-0.15, -0.1) is 6.58 Å². The minimum Gasteiger partial charge on any atom is -0.481 e. The first-order valence-electron chi connectivity index (χ1n) is 9.13. The van der Waals surface area contributed by atoms with Crippen molar-refractivity contribution >= 4 is 38.3 Å². The zero-order valence-corrected chi connectivity index (χ0v) is 15.0. The van der Waals surface area contributed by atoms with Crippen molar-refractivity contribution < 1.29 is 9.90 Å². The normalized spacial score (nSPS) is 14.0. The molecule has 1 atom stereocenters. The van der Waals surface area contributed by atoms with Gasteiger partial charge in [-0.1, -0.05) is 74.0 Å². The molecule has 0 saturated heterocycles. The number of carbonyl (C=O) groups is 1. The summed E-state index contributed by atoms with van der Waals surface area (Å²) in [4.78, 5) is 12.4. The third kappa shape index (κ3) is 2.22. The lowest BCUT2D eigenvalue weighted by Gasteiger charge is -2.30. The highest BCUT2D eigenvalue weighted by Crippen LogP contribution is 2.42. The first kappa shape index (κ1) is 16.6. The molecule has 1 unspecified atom stereocenters. The van der Waals surface area contributed by atoms with E-state index in [1.54, 1.807) is 6.08 Å². The van der Waals surface area contributed by atoms with Gasteiger partial charge in [-0.05, 0) is 50.7 Å². The van der Waals surface area contributed by atoms with E-state index < -0.39 is 11.4 Å². The van der Waals surface area contributed by atoms with Crippen LogP contribution >= 0.6 is 0 Å². The van der Waals surface area contributed by atoms with E-state index in [4.69, 9.17) is 0 Å². The number of rotatable bonds is 6. The summed E-state index contributed by atoms with van der Waals surface area (Å²) in [5, 5.41) is 17.2. The third-order valence-electron chi connectivity index (χ3n) is 5.62. The van der Waals surface area contributed by atoms with Crippen molar-refractivity contribution in [2.45, 2.75) is 31.6 Å². The fraction of sp³-hybridized carbons (Fsp3) is 0.208. The van der Waals surface area contributed by atoms with Crippen LogP contribution in [-0.4, -0.2) is 11.1 Å². The second-order valence-electron chi connectivity index (χ2n) is 7.10. The molecule has 130 valence electrons. The second-order valence-corrected chi connectivity index (χ2v) is 7.10. The molecule has 0 spiro atoms. The van der Waals surface area contributed by atoms with Crippen molar-refractivity contribution in [3.63, 3.8) is 0 Å². The predicted octanol–water partition coefficient (Wildman–Crippen LogP) is 6.28. The molecule has 4 aromatic rings. The molecule has 2 nitrogen and oxygen atoms in total. The number of benzene rings is 4. The summed E-state index contributed by atoms with van der Waals surface area (Å²) in [6.07, 6.45) is 3.57. The summed E-state index contributed by atoms with van der Waals surface area (Å²) in [7, 11) is 0. The number of allylic oxidation sites excluding steroid dienone is 1. The smallest absolute Gasteiger partial charge is 0.314 e. The largest absolute Gasteiger partial charge is 0.481 e. The Morgan fingerprint density at radius 1 is 1.00 bits per heavy atom. The van der Waals surface area contributed by atoms with Crippen LogP contribution in [-0.2, 0) is 10.2 Å². The zero-order valence-electron chi connectivity index (χ0n) is 15.0. The molecule has 0 amide bonds. The van der Waals surface area contributed by atoms with Crippen LogP contribution < -0.4 is 0 Å². The first-order chi connectivity index (χ1) is 12.6. The summed E-state index contributed by atoms with van der Waals surface area (Å²) in [5.41, 5.74) is -0.0313. The third-order valence-corrected chi connectivity index (χ3v) is 5.62. The SMILES string of the molecule is C=CCC(CCC)(C(=O)O)c1ccc2ccc3cccc4ccc1c2c34. The molecular weight excluding hydrogens is 320 g/mol. The van der Waals surface area contributed by atoms with Gasteiger partial charge < -0.3 is 5.11 Å². The van der Waals surface area contributed by atoms with E-state index in [-0.39, 0.29) is 0 Å². The average Bonchev–Trinajstić information content (AvgIpc) is 2.65. The van der Waals surface area contributed by atoms with Crippen molar-refractivity contribution in [3.8, 4) is 0 Å². The van der Waals surface area contributed by atoms with Crippen LogP contribution in [0.5, 0.6) is 0 Å². The zero-order chi connectivity index (χ0) is 18.3. The quantitative estimate of drug-likeness (QED) is 0.330. The van der Waals surface area contributed by atoms with Gasteiger partial charge in [-0.3, -0.25) is 4.79 Å². The standard InChI is InChI=1S/C24H22O2/c1-3-14-24(15-4-2,23(25)26)20-13-11-18-9-8-16-6-5-7-17-10-12-19(20)22(18)21(16)17/h3,5-13H,1,4,14-15H2,2H3,(H,25,26). The Balaban J connectivity index is 2.16. The minimum atomic E-state index is -0.932. The summed E-state index contributed by atoms with van der Waals surface area (Å²) < 4.78 is 0. The van der Waals surface area contributed by atoms with E-state index in [1.807, 2.05) is 13.0 Å². The highest BCUT2D eigenvalue weighted by Gasteiger charge is 2.39. The summed E-state index contributed by atoms with van der Waals surface area (Å²) in [5.74, 6) is -0.769. The van der Waals surface area contributed by atoms with Crippen molar-refractivity contribution in [2.75, 3.05) is 0 Å². The van der Waals surface area contributed by atoms with Gasteiger partial charge >= 0.3 is 5.97 Å². The fourth-order valence-electron chi connectivity index (χ4n) is 4.48. The van der Waals surface area contributed by atoms with Crippen LogP contribution in [0.15, 0.2) is 67.3 Å². The van der Waals surface area contributed by atoms with Gasteiger partial charge in [-0.2, -0.15) is 0 Å². The van der Waals surface area contributed by atoms with Crippen molar-refractivity contribution in [1.82, 2.24) is 0 Å². The maximum Gasteiger partial charge on any atom is 0.314 e. The molecule has 0 bridgehead atoms. The van der Waals surface area contributed by atoms with Gasteiger partial charge in [0.1, 0.15) is 0 Å². The van der Waals surface area contributed by atoms with Crippen LogP contribution in [0.2, 0.25) is 0 Å². The molecule has 0 saturated carbocycles. The van der Waals surface area contributed by atoms with E-state index >= 15 is 0 Å². The molecule has 0 aliphatic heterocycles. The molecule has 0 aromatic heterocycles. The molecule has 0 aliphatic carbocycles. The Labute approximate surface area is 153 Å². The number of hydrogen-bond acceptors (Lipinski definition) is 1. The Morgan fingerprint density at radius 3 is 2.23 bits per heavy atom. The lowest BCUT2D eigenvalue weighted by atomic mass is 9.72. The van der Waals surface area contributed by atoms with Crippen LogP contribution in [0.25, 0.3) is 32.3 Å². The Bertz CT molecular complexity index is 1110. The molecule has 0 aliphatic rings. The van der Waals surface area contributed by atoms with Crippen molar-refractivity contribution in [3.05, 3.63) is 72.8 Å². The predicted molar refractivity (Wildman–Crippen MR) is 109 cm³/mol. The molecule has 4 rings (SSSR count). The maximum atomic E-state index is 12.4. The molecule has 0 heterocycles. The lowest BCUT2D eigenvalue weighted by Crippen LogP contribution is -2.35. The Hall–Kier alpha value is -2.87. The van der Waals surface area contributed by atoms with Gasteiger partial charge in [0.25, 0.3) is 0 Å². The minimum absolute atomic E-state index is 0.431. The lowest BCUT2D eigenvalue weighted by molar-refractivity contribution is -0.144. The number of aliphatic carboxylic acids is 1. The van der Waals surface area contributed by atoms with Gasteiger partial charge in [0.05, 0.1) is 5.41 Å². The molecule has 0 radical (unpaired) electrons. The number of hydrogen-bond donors (Lipinski definition) is 1. The van der Waals surface area contributed by atoms with Crippen LogP contribution in [0.4, 0.5) is 0 Å². The molecule has 2 heteroatoms. The monoisotopic (exact) mass is 342 g/mol. The summed E-state index contributed by atoms with van der Waals surface area (Å²) in [6.45, 7) is 5.87. The Kier molecular flexibility index (Phi) is 3.91. The van der Waals surface area contributed by atoms with Crippen LogP contribution in [0.1, 0.15) is 31.7 Å². The van der Waals surface area contributed by atoms with E-state index in [9.17, 15) is 9.90 Å². The molecular formula is C24H22O2. The maximum absolute atomic E-state index is 12.4. The van der Waals surface area contributed by atoms with Gasteiger partial charge in [0.15, 0.2) is 0 Å². The number of carboxylic acids is 1. The highest BCUT2D eigenvalue weighted by atomic mass is 16.4. The molecule has 1 N–H and O–H groups in total. The van der Waals surface area contributed by atoms with Gasteiger partial charge in [0.2, 0.25) is 0 Å². The average molecular weight is 342 g/mol. The van der Waals surface area contributed by atoms with E-state index in [0.717, 1.165) is 22.8 Å². The van der Waals surface area contributed by atoms with Gasteiger partial charge in [0, 0.05) is 0 Å². The number of carboxylic acid groups (broad SMARTS) is 1. The van der Waals surface area contributed by atoms with Crippen molar-refractivity contribution in [1.29, 1.82) is 0 Å². The molecule has 4 aromatic carbocycles. The second kappa shape index (κ2) is 6.14. The fourth-order valence-corrected chi connectivity index (χ4v) is 4.48. The molecule has 26 heavy (non-hydrogen) atoms. The summed E-state index contributed by atoms with van der Waals surface area (Å²) >= 11 is 0. The van der Waals surface area contributed by atoms with Crippen LogP contribution in [0, 0.1) is 0 Å². The van der Waals surface area contributed by atoms with E-state index in [1.165, 1.54) is 21.5 Å². The van der Waals surface area contributed by atoms with E-state index in [0.29, 0.717) is 12.8 Å². The first-order valence-corrected chi connectivity index (χ1v) is 9.13. The highest BCUT2D eigenvalue weighted by molar-refractivity contribution is 6.24. The van der Waals surface area contributed by atoms with Crippen molar-refractivity contribution in [2.24, 2.45) is 0 Å². The summed E-state index contributed by atoms with van der Waals surface area (Å²) in [6, 6.07) is 18.9. The Morgan fingerprint density at radius 2 is 1.62 bits per heavy atom.